The van der Waals surface area contributed by atoms with Crippen molar-refractivity contribution in [1.29, 1.82) is 0 Å². The fourth-order valence-electron chi connectivity index (χ4n) is 2.06. The first-order valence-corrected chi connectivity index (χ1v) is 7.88. The highest BCUT2D eigenvalue weighted by molar-refractivity contribution is 7.09. The van der Waals surface area contributed by atoms with Gasteiger partial charge in [0.25, 0.3) is 0 Å². The minimum atomic E-state index is -0.518. The molecule has 1 aromatic carbocycles. The summed E-state index contributed by atoms with van der Waals surface area (Å²) in [7, 11) is 1.98. The maximum atomic E-state index is 10.0. The van der Waals surface area contributed by atoms with Crippen LogP contribution in [0.5, 0.6) is 5.75 Å². The summed E-state index contributed by atoms with van der Waals surface area (Å²) in [4.78, 5) is 6.48. The minimum Gasteiger partial charge on any atom is -0.491 e. The number of rotatable bonds is 7. The number of aliphatic hydroxyl groups excluding tert-OH is 1. The molecule has 0 spiro atoms. The second kappa shape index (κ2) is 7.54. The van der Waals surface area contributed by atoms with E-state index < -0.39 is 6.10 Å². The van der Waals surface area contributed by atoms with E-state index in [0.29, 0.717) is 13.2 Å². The number of ether oxygens (including phenoxy) is 1. The van der Waals surface area contributed by atoms with E-state index in [-0.39, 0.29) is 0 Å². The molecule has 1 unspecified atom stereocenters. The van der Waals surface area contributed by atoms with Crippen molar-refractivity contribution in [2.24, 2.45) is 0 Å². The van der Waals surface area contributed by atoms with Crippen LogP contribution in [0.15, 0.2) is 29.6 Å². The van der Waals surface area contributed by atoms with Crippen molar-refractivity contribution in [1.82, 2.24) is 9.88 Å². The van der Waals surface area contributed by atoms with Crippen LogP contribution in [-0.4, -0.2) is 41.3 Å². The van der Waals surface area contributed by atoms with Crippen molar-refractivity contribution in [3.8, 4) is 5.75 Å². The Balaban J connectivity index is 1.73. The first kappa shape index (κ1) is 15.9. The molecule has 0 fully saturated rings. The van der Waals surface area contributed by atoms with E-state index in [0.717, 1.165) is 23.0 Å². The topological polar surface area (TPSA) is 45.6 Å². The lowest BCUT2D eigenvalue weighted by Gasteiger charge is -2.20. The molecule has 2 aromatic rings. The Morgan fingerprint density at radius 1 is 1.29 bits per heavy atom. The third-order valence-electron chi connectivity index (χ3n) is 3.08. The van der Waals surface area contributed by atoms with Crippen molar-refractivity contribution < 1.29 is 9.84 Å². The van der Waals surface area contributed by atoms with Crippen LogP contribution in [0, 0.1) is 13.8 Å². The highest BCUT2D eigenvalue weighted by Gasteiger charge is 2.11. The van der Waals surface area contributed by atoms with Crippen molar-refractivity contribution >= 4 is 11.3 Å². The van der Waals surface area contributed by atoms with E-state index in [1.54, 1.807) is 11.3 Å². The van der Waals surface area contributed by atoms with E-state index in [1.807, 2.05) is 45.2 Å². The molecule has 0 saturated carbocycles. The second-order valence-corrected chi connectivity index (χ2v) is 6.39. The molecule has 0 amide bonds. The van der Waals surface area contributed by atoms with Gasteiger partial charge in [0.15, 0.2) is 0 Å². The first-order valence-electron chi connectivity index (χ1n) is 7.00. The van der Waals surface area contributed by atoms with Gasteiger partial charge in [0.05, 0.1) is 10.7 Å². The van der Waals surface area contributed by atoms with E-state index in [4.69, 9.17) is 4.74 Å². The normalized spacial score (nSPS) is 12.6. The van der Waals surface area contributed by atoms with Crippen LogP contribution < -0.4 is 4.74 Å². The Morgan fingerprint density at radius 3 is 2.62 bits per heavy atom. The molecule has 0 bridgehead atoms. The van der Waals surface area contributed by atoms with Gasteiger partial charge in [-0.1, -0.05) is 17.7 Å². The lowest BCUT2D eigenvalue weighted by atomic mass is 10.2. The first-order chi connectivity index (χ1) is 10.0. The number of aliphatic hydroxyl groups is 1. The average molecular weight is 306 g/mol. The highest BCUT2D eigenvalue weighted by Crippen LogP contribution is 2.12. The zero-order chi connectivity index (χ0) is 15.2. The monoisotopic (exact) mass is 306 g/mol. The van der Waals surface area contributed by atoms with E-state index in [1.165, 1.54) is 5.56 Å². The fourth-order valence-corrected chi connectivity index (χ4v) is 2.67. The summed E-state index contributed by atoms with van der Waals surface area (Å²) in [5.74, 6) is 0.789. The molecule has 4 nitrogen and oxygen atoms in total. The van der Waals surface area contributed by atoms with Crippen LogP contribution in [0.25, 0.3) is 0 Å². The molecule has 0 radical (unpaired) electrons. The van der Waals surface area contributed by atoms with Crippen LogP contribution >= 0.6 is 11.3 Å². The van der Waals surface area contributed by atoms with E-state index in [9.17, 15) is 5.11 Å². The molecule has 2 rings (SSSR count). The smallest absolute Gasteiger partial charge is 0.119 e. The van der Waals surface area contributed by atoms with Crippen LogP contribution in [0.4, 0.5) is 0 Å². The van der Waals surface area contributed by atoms with Crippen molar-refractivity contribution in [2.45, 2.75) is 26.5 Å². The number of hydrogen-bond donors (Lipinski definition) is 1. The van der Waals surface area contributed by atoms with Gasteiger partial charge in [-0.25, -0.2) is 4.98 Å². The standard InChI is InChI=1S/C16H22N2O2S/c1-12-4-6-16(7-5-12)20-10-15(19)9-18(3)8-14-11-21-13(2)17-14/h4-7,11,15,19H,8-10H2,1-3H3. The van der Waals surface area contributed by atoms with Crippen LogP contribution in [0.2, 0.25) is 0 Å². The van der Waals surface area contributed by atoms with E-state index >= 15 is 0 Å². The van der Waals surface area contributed by atoms with Gasteiger partial charge in [0, 0.05) is 18.5 Å². The molecular formula is C16H22N2O2S. The summed E-state index contributed by atoms with van der Waals surface area (Å²) >= 11 is 1.65. The van der Waals surface area contributed by atoms with Crippen LogP contribution in [-0.2, 0) is 6.54 Å². The highest BCUT2D eigenvalue weighted by atomic mass is 32.1. The molecule has 0 aliphatic rings. The summed E-state index contributed by atoms with van der Waals surface area (Å²) in [5, 5.41) is 13.2. The SMILES string of the molecule is Cc1ccc(OCC(O)CN(C)Cc2csc(C)n2)cc1. The molecule has 1 N–H and O–H groups in total. The van der Waals surface area contributed by atoms with Gasteiger partial charge in [0.1, 0.15) is 18.5 Å². The lowest BCUT2D eigenvalue weighted by molar-refractivity contribution is 0.0741. The summed E-state index contributed by atoms with van der Waals surface area (Å²) in [6, 6.07) is 7.84. The van der Waals surface area contributed by atoms with E-state index in [2.05, 4.69) is 15.3 Å². The van der Waals surface area contributed by atoms with Crippen molar-refractivity contribution in [2.75, 3.05) is 20.2 Å². The second-order valence-electron chi connectivity index (χ2n) is 5.33. The number of benzene rings is 1. The molecule has 114 valence electrons. The van der Waals surface area contributed by atoms with Gasteiger partial charge in [0.2, 0.25) is 0 Å². The zero-order valence-electron chi connectivity index (χ0n) is 12.7. The maximum absolute atomic E-state index is 10.0. The third-order valence-corrected chi connectivity index (χ3v) is 3.91. The molecule has 1 heterocycles. The Hall–Kier alpha value is -1.43. The molecule has 0 aliphatic carbocycles. The number of aromatic nitrogens is 1. The van der Waals surface area contributed by atoms with Gasteiger partial charge in [-0.05, 0) is 33.0 Å². The number of aryl methyl sites for hydroxylation is 2. The van der Waals surface area contributed by atoms with Crippen LogP contribution in [0.3, 0.4) is 0 Å². The van der Waals surface area contributed by atoms with Gasteiger partial charge in [-0.2, -0.15) is 0 Å². The Labute approximate surface area is 130 Å². The minimum absolute atomic E-state index is 0.295. The predicted molar refractivity (Wildman–Crippen MR) is 85.9 cm³/mol. The van der Waals surface area contributed by atoms with Crippen molar-refractivity contribution in [3.63, 3.8) is 0 Å². The maximum Gasteiger partial charge on any atom is 0.119 e. The predicted octanol–water partition coefficient (Wildman–Crippen LogP) is 2.63. The molecule has 21 heavy (non-hydrogen) atoms. The molecule has 1 atom stereocenters. The largest absolute Gasteiger partial charge is 0.491 e. The average Bonchev–Trinajstić information content (AvgIpc) is 2.83. The van der Waals surface area contributed by atoms with Gasteiger partial charge in [-0.3, -0.25) is 4.90 Å². The zero-order valence-corrected chi connectivity index (χ0v) is 13.6. The number of thiazole rings is 1. The molecule has 0 saturated heterocycles. The fraction of sp³-hybridized carbons (Fsp3) is 0.438. The Morgan fingerprint density at radius 2 is 2.00 bits per heavy atom. The summed E-state index contributed by atoms with van der Waals surface area (Å²) < 4.78 is 5.59. The molecule has 5 heteroatoms. The third kappa shape index (κ3) is 5.46. The number of likely N-dealkylation sites (N-methyl/N-ethyl adjacent to an activating group) is 1. The number of hydrogen-bond acceptors (Lipinski definition) is 5. The van der Waals surface area contributed by atoms with Gasteiger partial charge >= 0.3 is 0 Å². The summed E-state index contributed by atoms with van der Waals surface area (Å²) in [5.41, 5.74) is 2.24. The van der Waals surface area contributed by atoms with Gasteiger partial charge in [-0.15, -0.1) is 11.3 Å². The Bertz CT molecular complexity index is 554. The quantitative estimate of drug-likeness (QED) is 0.854. The molecule has 0 aliphatic heterocycles. The number of nitrogens with zero attached hydrogens (tertiary/aromatic N) is 2. The Kier molecular flexibility index (Phi) is 5.73. The van der Waals surface area contributed by atoms with Crippen molar-refractivity contribution in [3.05, 3.63) is 45.9 Å². The molecular weight excluding hydrogens is 284 g/mol. The van der Waals surface area contributed by atoms with Crippen LogP contribution in [0.1, 0.15) is 16.3 Å². The molecule has 1 aromatic heterocycles. The lowest BCUT2D eigenvalue weighted by Crippen LogP contribution is -2.32. The summed E-state index contributed by atoms with van der Waals surface area (Å²) in [6.07, 6.45) is -0.518. The summed E-state index contributed by atoms with van der Waals surface area (Å²) in [6.45, 7) is 5.63. The van der Waals surface area contributed by atoms with Gasteiger partial charge < -0.3 is 9.84 Å².